The molecule has 0 saturated carbocycles. The highest BCUT2D eigenvalue weighted by molar-refractivity contribution is 5.28. The van der Waals surface area contributed by atoms with Crippen LogP contribution in [0.15, 0.2) is 24.3 Å². The minimum absolute atomic E-state index is 0.589. The van der Waals surface area contributed by atoms with Gasteiger partial charge in [-0.3, -0.25) is 0 Å². The molecule has 0 unspecified atom stereocenters. The largest absolute Gasteiger partial charge is 0.494 e. The maximum absolute atomic E-state index is 5.73. The summed E-state index contributed by atoms with van der Waals surface area (Å²) in [5, 5.41) is 3.17. The van der Waals surface area contributed by atoms with Crippen molar-refractivity contribution in [3.8, 4) is 5.75 Å². The van der Waals surface area contributed by atoms with E-state index < -0.39 is 0 Å². The summed E-state index contributed by atoms with van der Waals surface area (Å²) in [4.78, 5) is 0. The van der Waals surface area contributed by atoms with Gasteiger partial charge in [0, 0.05) is 0 Å². The molecule has 0 amide bonds. The maximum atomic E-state index is 5.73. The smallest absolute Gasteiger partial charge is 0.119 e. The third kappa shape index (κ3) is 6.06. The van der Waals surface area contributed by atoms with Gasteiger partial charge < -0.3 is 10.1 Å². The van der Waals surface area contributed by atoms with Gasteiger partial charge in [-0.25, -0.2) is 0 Å². The molecule has 2 heteroatoms. The van der Waals surface area contributed by atoms with Gasteiger partial charge in [-0.15, -0.1) is 0 Å². The molecule has 0 fully saturated rings. The van der Waals surface area contributed by atoms with Gasteiger partial charge in [0.1, 0.15) is 5.75 Å². The molecule has 1 N–H and O–H groups in total. The van der Waals surface area contributed by atoms with Crippen molar-refractivity contribution < 1.29 is 4.74 Å². The van der Waals surface area contributed by atoms with Crippen LogP contribution in [-0.4, -0.2) is 20.2 Å². The van der Waals surface area contributed by atoms with Crippen LogP contribution < -0.4 is 10.1 Å². The molecule has 0 radical (unpaired) electrons. The van der Waals surface area contributed by atoms with Gasteiger partial charge in [0.05, 0.1) is 6.61 Å². The van der Waals surface area contributed by atoms with Crippen LogP contribution in [0.1, 0.15) is 51.0 Å². The molecule has 0 aromatic heterocycles. The van der Waals surface area contributed by atoms with Crippen LogP contribution in [0.3, 0.4) is 0 Å². The lowest BCUT2D eigenvalue weighted by atomic mass is 10.0. The quantitative estimate of drug-likeness (QED) is 0.669. The summed E-state index contributed by atoms with van der Waals surface area (Å²) in [5.41, 5.74) is 1.37. The van der Waals surface area contributed by atoms with Crippen molar-refractivity contribution in [2.75, 3.05) is 20.2 Å². The van der Waals surface area contributed by atoms with Crippen molar-refractivity contribution in [3.63, 3.8) is 0 Å². The van der Waals surface area contributed by atoms with E-state index in [1.807, 2.05) is 7.05 Å². The van der Waals surface area contributed by atoms with Gasteiger partial charge >= 0.3 is 0 Å². The van der Waals surface area contributed by atoms with E-state index in [4.69, 9.17) is 4.74 Å². The molecule has 0 saturated heterocycles. The third-order valence-corrected chi connectivity index (χ3v) is 3.14. The van der Waals surface area contributed by atoms with Crippen molar-refractivity contribution in [1.29, 1.82) is 0 Å². The van der Waals surface area contributed by atoms with E-state index in [0.717, 1.165) is 25.3 Å². The Kier molecular flexibility index (Phi) is 7.51. The fourth-order valence-electron chi connectivity index (χ4n) is 1.90. The van der Waals surface area contributed by atoms with Crippen LogP contribution in [0, 0.1) is 0 Å². The molecule has 0 aliphatic heterocycles. The van der Waals surface area contributed by atoms with E-state index in [-0.39, 0.29) is 0 Å². The van der Waals surface area contributed by atoms with Crippen molar-refractivity contribution >= 4 is 0 Å². The Morgan fingerprint density at radius 2 is 1.67 bits per heavy atom. The molecule has 2 nitrogen and oxygen atoms in total. The summed E-state index contributed by atoms with van der Waals surface area (Å²) < 4.78 is 5.73. The lowest BCUT2D eigenvalue weighted by molar-refractivity contribution is 0.304. The first-order valence-electron chi connectivity index (χ1n) is 7.11. The number of hydrogen-bond donors (Lipinski definition) is 1. The summed E-state index contributed by atoms with van der Waals surface area (Å²) in [6.07, 6.45) is 4.96. The second-order valence-electron chi connectivity index (χ2n) is 5.09. The molecule has 1 aromatic rings. The highest BCUT2D eigenvalue weighted by Crippen LogP contribution is 2.18. The van der Waals surface area contributed by atoms with Crippen molar-refractivity contribution in [1.82, 2.24) is 5.32 Å². The lowest BCUT2D eigenvalue weighted by Crippen LogP contribution is -2.07. The topological polar surface area (TPSA) is 21.3 Å². The number of ether oxygens (including phenoxy) is 1. The van der Waals surface area contributed by atoms with Crippen LogP contribution in [0.2, 0.25) is 0 Å². The summed E-state index contributed by atoms with van der Waals surface area (Å²) in [7, 11) is 2.00. The minimum atomic E-state index is 0.589. The summed E-state index contributed by atoms with van der Waals surface area (Å²) >= 11 is 0. The molecule has 0 heterocycles. The average molecular weight is 249 g/mol. The molecule has 0 spiro atoms. The van der Waals surface area contributed by atoms with Gasteiger partial charge in [0.25, 0.3) is 0 Å². The fourth-order valence-corrected chi connectivity index (χ4v) is 1.90. The van der Waals surface area contributed by atoms with E-state index in [0.29, 0.717) is 5.92 Å². The highest BCUT2D eigenvalue weighted by Gasteiger charge is 1.99. The summed E-state index contributed by atoms with van der Waals surface area (Å²) in [5.74, 6) is 1.58. The first kappa shape index (κ1) is 15.0. The predicted octanol–water partition coefficient (Wildman–Crippen LogP) is 3.97. The Hall–Kier alpha value is -1.02. The average Bonchev–Trinajstić information content (AvgIpc) is 2.38. The van der Waals surface area contributed by atoms with Crippen LogP contribution in [0.4, 0.5) is 0 Å². The highest BCUT2D eigenvalue weighted by atomic mass is 16.5. The van der Waals surface area contributed by atoms with Crippen LogP contribution >= 0.6 is 0 Å². The van der Waals surface area contributed by atoms with Gasteiger partial charge in [0.15, 0.2) is 0 Å². The molecule has 0 atom stereocenters. The van der Waals surface area contributed by atoms with Crippen molar-refractivity contribution in [2.45, 2.75) is 45.4 Å². The monoisotopic (exact) mass is 249 g/mol. The molecule has 1 aromatic carbocycles. The number of benzene rings is 1. The SMILES string of the molecule is CNCCCCCCOc1ccc(C(C)C)cc1. The molecule has 102 valence electrons. The van der Waals surface area contributed by atoms with Gasteiger partial charge in [-0.05, 0) is 50.0 Å². The molecule has 0 aliphatic rings. The van der Waals surface area contributed by atoms with E-state index >= 15 is 0 Å². The number of rotatable bonds is 9. The Labute approximate surface area is 112 Å². The first-order valence-corrected chi connectivity index (χ1v) is 7.11. The van der Waals surface area contributed by atoms with Gasteiger partial charge in [-0.2, -0.15) is 0 Å². The Morgan fingerprint density at radius 3 is 2.28 bits per heavy atom. The standard InChI is InChI=1S/C16H27NO/c1-14(2)15-8-10-16(11-9-15)18-13-7-5-4-6-12-17-3/h8-11,14,17H,4-7,12-13H2,1-3H3. The van der Waals surface area contributed by atoms with Gasteiger partial charge in [0.2, 0.25) is 0 Å². The summed E-state index contributed by atoms with van der Waals surface area (Å²) in [6.45, 7) is 6.38. The number of hydrogen-bond acceptors (Lipinski definition) is 2. The summed E-state index contributed by atoms with van der Waals surface area (Å²) in [6, 6.07) is 8.48. The van der Waals surface area contributed by atoms with E-state index in [9.17, 15) is 0 Å². The number of nitrogens with one attached hydrogen (secondary N) is 1. The van der Waals surface area contributed by atoms with E-state index in [1.54, 1.807) is 0 Å². The second-order valence-corrected chi connectivity index (χ2v) is 5.09. The zero-order valence-corrected chi connectivity index (χ0v) is 12.0. The zero-order chi connectivity index (χ0) is 13.2. The Morgan fingerprint density at radius 1 is 1.00 bits per heavy atom. The lowest BCUT2D eigenvalue weighted by Gasteiger charge is -2.08. The van der Waals surface area contributed by atoms with Crippen LogP contribution in [-0.2, 0) is 0 Å². The molecule has 0 aliphatic carbocycles. The zero-order valence-electron chi connectivity index (χ0n) is 12.0. The second kappa shape index (κ2) is 8.98. The predicted molar refractivity (Wildman–Crippen MR) is 78.4 cm³/mol. The van der Waals surface area contributed by atoms with Crippen molar-refractivity contribution in [3.05, 3.63) is 29.8 Å². The normalized spacial score (nSPS) is 10.9. The van der Waals surface area contributed by atoms with Crippen LogP contribution in [0.5, 0.6) is 5.75 Å². The molecular formula is C16H27NO. The van der Waals surface area contributed by atoms with Gasteiger partial charge in [-0.1, -0.05) is 38.8 Å². The fraction of sp³-hybridized carbons (Fsp3) is 0.625. The van der Waals surface area contributed by atoms with Crippen molar-refractivity contribution in [2.24, 2.45) is 0 Å². The van der Waals surface area contributed by atoms with E-state index in [2.05, 4.69) is 43.4 Å². The molecular weight excluding hydrogens is 222 g/mol. The molecule has 1 rings (SSSR count). The first-order chi connectivity index (χ1) is 8.74. The Bertz CT molecular complexity index is 305. The van der Waals surface area contributed by atoms with Crippen LogP contribution in [0.25, 0.3) is 0 Å². The Balaban J connectivity index is 2.12. The molecule has 0 bridgehead atoms. The minimum Gasteiger partial charge on any atom is -0.494 e. The molecule has 18 heavy (non-hydrogen) atoms. The van der Waals surface area contributed by atoms with E-state index in [1.165, 1.54) is 24.8 Å². The number of unbranched alkanes of at least 4 members (excludes halogenated alkanes) is 3. The maximum Gasteiger partial charge on any atom is 0.119 e. The third-order valence-electron chi connectivity index (χ3n) is 3.14.